The van der Waals surface area contributed by atoms with Crippen molar-refractivity contribution in [1.29, 1.82) is 0 Å². The Morgan fingerprint density at radius 3 is 1.62 bits per heavy atom. The molecule has 0 aliphatic carbocycles. The van der Waals surface area contributed by atoms with Gasteiger partial charge in [0.1, 0.15) is 16.3 Å². The van der Waals surface area contributed by atoms with Crippen LogP contribution in [0.4, 0.5) is 11.4 Å². The summed E-state index contributed by atoms with van der Waals surface area (Å²) in [7, 11) is -14.3. The molecule has 0 spiro atoms. The first-order valence-corrected chi connectivity index (χ1v) is 12.2. The average Bonchev–Trinajstić information content (AvgIpc) is 2.64. The molecule has 3 radical (unpaired) electrons. The Hall–Kier alpha value is 0.0500. The van der Waals surface area contributed by atoms with Crippen molar-refractivity contribution in [1.82, 2.24) is 0 Å². The zero-order valence-corrected chi connectivity index (χ0v) is 26.4. The zero-order chi connectivity index (χ0) is 23.2. The molecule has 0 atom stereocenters. The fraction of sp³-hybridized carbons (Fsp3) is 0. The summed E-state index contributed by atoms with van der Waals surface area (Å²) >= 11 is 0. The van der Waals surface area contributed by atoms with Crippen LogP contribution in [0, 0.1) is 0 Å². The Bertz CT molecular complexity index is 1560. The molecule has 0 heterocycles. The maximum atomic E-state index is 11.8. The van der Waals surface area contributed by atoms with E-state index in [4.69, 9.17) is 4.55 Å². The molecular formula is C16H12N2Na3O10S3. The van der Waals surface area contributed by atoms with Gasteiger partial charge in [-0.25, -0.2) is 0 Å². The van der Waals surface area contributed by atoms with Crippen molar-refractivity contribution in [3.63, 3.8) is 0 Å². The molecule has 4 N–H and O–H groups in total. The molecular weight excluding hydrogens is 545 g/mol. The number of phenols is 1. The molecule has 0 saturated heterocycles. The molecule has 0 amide bonds. The van der Waals surface area contributed by atoms with Crippen molar-refractivity contribution in [2.24, 2.45) is 10.2 Å². The molecule has 0 aromatic heterocycles. The largest absolute Gasteiger partial charge is 0.506 e. The topological polar surface area (TPSA) is 208 Å². The molecule has 0 aliphatic heterocycles. The molecule has 0 fully saturated rings. The summed E-state index contributed by atoms with van der Waals surface area (Å²) < 4.78 is 96.5. The summed E-state index contributed by atoms with van der Waals surface area (Å²) in [5.41, 5.74) is -0.405. The first kappa shape index (κ1) is 34.0. The van der Waals surface area contributed by atoms with E-state index < -0.39 is 56.5 Å². The van der Waals surface area contributed by atoms with Gasteiger partial charge in [-0.1, -0.05) is 6.07 Å². The molecule has 0 saturated carbocycles. The van der Waals surface area contributed by atoms with Gasteiger partial charge in [0, 0.05) is 94.1 Å². The molecule has 167 valence electrons. The predicted octanol–water partition coefficient (Wildman–Crippen LogP) is 1.56. The minimum absolute atomic E-state index is 0. The molecule has 18 heteroatoms. The van der Waals surface area contributed by atoms with Gasteiger partial charge >= 0.3 is 0 Å². The van der Waals surface area contributed by atoms with Gasteiger partial charge in [-0.3, -0.25) is 13.7 Å². The average molecular weight is 557 g/mol. The van der Waals surface area contributed by atoms with Crippen LogP contribution in [0.5, 0.6) is 5.75 Å². The first-order valence-electron chi connectivity index (χ1n) is 7.92. The summed E-state index contributed by atoms with van der Waals surface area (Å²) in [6, 6.07) is 7.95. The standard InChI is InChI=1S/C16H12N2O10S3.3Na/c19-13-6-1-9-7-12(30(23,24)25)8-14(31(26,27)28)15(9)16(13)18-17-10-2-4-11(5-3-10)29(20,21)22;;;/h1-8,19H,(H,20,21,22)(H,23,24,25)(H,26,27,28);;;. The van der Waals surface area contributed by atoms with Crippen molar-refractivity contribution in [2.45, 2.75) is 14.7 Å². The van der Waals surface area contributed by atoms with Crippen LogP contribution in [0.3, 0.4) is 0 Å². The third kappa shape index (κ3) is 8.03. The van der Waals surface area contributed by atoms with Crippen molar-refractivity contribution < 1.29 is 44.0 Å². The Morgan fingerprint density at radius 1 is 0.618 bits per heavy atom. The van der Waals surface area contributed by atoms with Crippen LogP contribution in [-0.2, 0) is 30.4 Å². The number of nitrogens with zero attached hydrogens (tertiary/aromatic N) is 2. The minimum Gasteiger partial charge on any atom is -0.506 e. The number of phenolic OH excluding ortho intramolecular Hbond substituents is 1. The van der Waals surface area contributed by atoms with Crippen molar-refractivity contribution in [3.05, 3.63) is 48.5 Å². The number of fused-ring (bicyclic) bond motifs is 1. The number of aromatic hydroxyl groups is 1. The van der Waals surface area contributed by atoms with Crippen LogP contribution in [0.2, 0.25) is 0 Å². The number of rotatable bonds is 5. The summed E-state index contributed by atoms with van der Waals surface area (Å²) in [4.78, 5) is -2.18. The van der Waals surface area contributed by atoms with E-state index in [1.807, 2.05) is 0 Å². The van der Waals surface area contributed by atoms with Crippen LogP contribution in [0.15, 0.2) is 73.4 Å². The van der Waals surface area contributed by atoms with Crippen molar-refractivity contribution in [3.8, 4) is 5.75 Å². The molecule has 12 nitrogen and oxygen atoms in total. The Kier molecular flexibility index (Phi) is 12.5. The van der Waals surface area contributed by atoms with Gasteiger partial charge in [0.15, 0.2) is 0 Å². The van der Waals surface area contributed by atoms with Gasteiger partial charge in [-0.15, -0.1) is 5.11 Å². The second-order valence-corrected chi connectivity index (χ2v) is 10.3. The SMILES string of the molecule is O=S(=O)(O)c1ccc(N=Nc2c(O)ccc3cc(S(=O)(=O)O)cc(S(=O)(=O)O)c23)cc1.[Na].[Na].[Na]. The Labute approximate surface area is 261 Å². The van der Waals surface area contributed by atoms with Crippen LogP contribution < -0.4 is 0 Å². The summed E-state index contributed by atoms with van der Waals surface area (Å²) in [5, 5.41) is 17.1. The Morgan fingerprint density at radius 2 is 1.15 bits per heavy atom. The summed E-state index contributed by atoms with van der Waals surface area (Å²) in [5.74, 6) is -0.574. The fourth-order valence-corrected chi connectivity index (χ4v) is 4.46. The van der Waals surface area contributed by atoms with Crippen LogP contribution in [0.25, 0.3) is 10.8 Å². The smallest absolute Gasteiger partial charge is 0.295 e. The summed E-state index contributed by atoms with van der Waals surface area (Å²) in [6.07, 6.45) is 0. The van der Waals surface area contributed by atoms with Crippen LogP contribution >= 0.6 is 0 Å². The minimum atomic E-state index is -5.04. The molecule has 0 unspecified atom stereocenters. The van der Waals surface area contributed by atoms with Gasteiger partial charge in [-0.05, 0) is 47.9 Å². The zero-order valence-electron chi connectivity index (χ0n) is 18.0. The molecule has 3 rings (SSSR count). The van der Waals surface area contributed by atoms with E-state index in [2.05, 4.69) is 10.2 Å². The van der Waals surface area contributed by atoms with Gasteiger partial charge in [-0.2, -0.15) is 30.4 Å². The number of benzene rings is 3. The number of hydrogen-bond acceptors (Lipinski definition) is 9. The van der Waals surface area contributed by atoms with Gasteiger partial charge in [0.2, 0.25) is 0 Å². The normalized spacial score (nSPS) is 12.0. The maximum absolute atomic E-state index is 11.8. The quantitative estimate of drug-likeness (QED) is 0.202. The van der Waals surface area contributed by atoms with E-state index in [1.54, 1.807) is 0 Å². The second-order valence-electron chi connectivity index (χ2n) is 6.07. The van der Waals surface area contributed by atoms with Gasteiger partial charge in [0.05, 0.1) is 15.5 Å². The van der Waals surface area contributed by atoms with E-state index in [9.17, 15) is 39.5 Å². The molecule has 3 aromatic rings. The third-order valence-corrected chi connectivity index (χ3v) is 6.56. The van der Waals surface area contributed by atoms with E-state index in [0.29, 0.717) is 6.07 Å². The number of hydrogen-bond donors (Lipinski definition) is 4. The summed E-state index contributed by atoms with van der Waals surface area (Å²) in [6.45, 7) is 0. The van der Waals surface area contributed by atoms with E-state index in [-0.39, 0.29) is 105 Å². The predicted molar refractivity (Wildman–Crippen MR) is 123 cm³/mol. The monoisotopic (exact) mass is 557 g/mol. The fourth-order valence-electron chi connectivity index (χ4n) is 2.62. The van der Waals surface area contributed by atoms with Gasteiger partial charge in [0.25, 0.3) is 30.4 Å². The van der Waals surface area contributed by atoms with Crippen LogP contribution in [0.1, 0.15) is 0 Å². The molecule has 34 heavy (non-hydrogen) atoms. The van der Waals surface area contributed by atoms with Crippen molar-refractivity contribution in [2.75, 3.05) is 0 Å². The Balaban J connectivity index is 0.00000363. The van der Waals surface area contributed by atoms with Crippen LogP contribution in [-0.4, -0.2) is 133 Å². The molecule has 0 bridgehead atoms. The third-order valence-electron chi connectivity index (χ3n) is 3.98. The van der Waals surface area contributed by atoms with Gasteiger partial charge < -0.3 is 5.11 Å². The molecule has 3 aromatic carbocycles. The molecule has 0 aliphatic rings. The van der Waals surface area contributed by atoms with E-state index in [1.165, 1.54) is 0 Å². The first-order chi connectivity index (χ1) is 14.2. The van der Waals surface area contributed by atoms with E-state index in [0.717, 1.165) is 42.5 Å². The van der Waals surface area contributed by atoms with Crippen molar-refractivity contribution >= 4 is 141 Å². The van der Waals surface area contributed by atoms with E-state index >= 15 is 0 Å². The number of azo groups is 1. The second kappa shape index (κ2) is 12.5. The maximum Gasteiger partial charge on any atom is 0.295 e.